The molecule has 0 aliphatic heterocycles. The van der Waals surface area contributed by atoms with Crippen molar-refractivity contribution in [2.75, 3.05) is 4.90 Å². The zero-order valence-corrected chi connectivity index (χ0v) is 35.1. The van der Waals surface area contributed by atoms with Gasteiger partial charge in [0.2, 0.25) is 0 Å². The van der Waals surface area contributed by atoms with Crippen LogP contribution in [0.25, 0.3) is 93.5 Å². The lowest BCUT2D eigenvalue weighted by molar-refractivity contribution is 1.19. The van der Waals surface area contributed by atoms with Crippen molar-refractivity contribution in [3.63, 3.8) is 0 Å². The van der Waals surface area contributed by atoms with Crippen LogP contribution in [0.15, 0.2) is 255 Å². The maximum atomic E-state index is 2.44. The molecule has 1 aromatic heterocycles. The van der Waals surface area contributed by atoms with Crippen LogP contribution < -0.4 is 4.90 Å². The predicted octanol–water partition coefficient (Wildman–Crippen LogP) is 17.2. The van der Waals surface area contributed by atoms with Crippen LogP contribution >= 0.6 is 0 Å². The average molecular weight is 815 g/mol. The highest BCUT2D eigenvalue weighted by molar-refractivity contribution is 6.22. The van der Waals surface area contributed by atoms with E-state index in [0.717, 1.165) is 28.3 Å². The van der Waals surface area contributed by atoms with E-state index >= 15 is 0 Å². The largest absolute Gasteiger partial charge is 0.310 e. The minimum atomic E-state index is 1.09. The third-order valence-corrected chi connectivity index (χ3v) is 12.8. The summed E-state index contributed by atoms with van der Waals surface area (Å²) < 4.78 is 2.44. The van der Waals surface area contributed by atoms with Gasteiger partial charge < -0.3 is 9.47 Å². The molecular formula is C62H42N2. The van der Waals surface area contributed by atoms with Gasteiger partial charge in [-0.15, -0.1) is 0 Å². The van der Waals surface area contributed by atoms with Gasteiger partial charge in [0.15, 0.2) is 0 Å². The van der Waals surface area contributed by atoms with Crippen LogP contribution in [0.1, 0.15) is 0 Å². The van der Waals surface area contributed by atoms with Gasteiger partial charge in [0.25, 0.3) is 0 Å². The lowest BCUT2D eigenvalue weighted by atomic mass is 9.96. The van der Waals surface area contributed by atoms with E-state index in [1.165, 1.54) is 82.3 Å². The number of aromatic nitrogens is 1. The zero-order chi connectivity index (χ0) is 42.4. The Balaban J connectivity index is 0.982. The number of fused-ring (bicyclic) bond motifs is 6. The second-order valence-electron chi connectivity index (χ2n) is 16.5. The monoisotopic (exact) mass is 814 g/mol. The second-order valence-corrected chi connectivity index (χ2v) is 16.5. The van der Waals surface area contributed by atoms with Crippen LogP contribution in [0.4, 0.5) is 17.1 Å². The molecule has 12 aromatic rings. The van der Waals surface area contributed by atoms with Crippen LogP contribution in [-0.4, -0.2) is 4.57 Å². The number of rotatable bonds is 8. The van der Waals surface area contributed by atoms with Crippen LogP contribution in [0.2, 0.25) is 0 Å². The van der Waals surface area contributed by atoms with Crippen molar-refractivity contribution in [3.8, 4) is 50.2 Å². The summed E-state index contributed by atoms with van der Waals surface area (Å²) in [5, 5.41) is 7.49. The van der Waals surface area contributed by atoms with Gasteiger partial charge in [0.05, 0.1) is 11.0 Å². The van der Waals surface area contributed by atoms with Gasteiger partial charge in [-0.25, -0.2) is 0 Å². The number of hydrogen-bond donors (Lipinski definition) is 0. The summed E-state index contributed by atoms with van der Waals surface area (Å²) in [6.07, 6.45) is 0. The third-order valence-electron chi connectivity index (χ3n) is 12.8. The van der Waals surface area contributed by atoms with Crippen molar-refractivity contribution in [1.82, 2.24) is 4.57 Å². The lowest BCUT2D eigenvalue weighted by Gasteiger charge is -2.27. The molecule has 0 fully saturated rings. The fourth-order valence-corrected chi connectivity index (χ4v) is 9.75. The van der Waals surface area contributed by atoms with E-state index in [1.807, 2.05) is 0 Å². The Bertz CT molecular complexity index is 3640. The van der Waals surface area contributed by atoms with Gasteiger partial charge in [-0.05, 0) is 115 Å². The topological polar surface area (TPSA) is 8.17 Å². The van der Waals surface area contributed by atoms with Gasteiger partial charge in [-0.1, -0.05) is 200 Å². The summed E-state index contributed by atoms with van der Waals surface area (Å²) in [5.41, 5.74) is 16.4. The Morgan fingerprint density at radius 2 is 0.797 bits per heavy atom. The lowest BCUT2D eigenvalue weighted by Crippen LogP contribution is -2.10. The van der Waals surface area contributed by atoms with Crippen molar-refractivity contribution in [2.45, 2.75) is 0 Å². The van der Waals surface area contributed by atoms with Crippen molar-refractivity contribution >= 4 is 60.4 Å². The molecule has 1 heterocycles. The van der Waals surface area contributed by atoms with E-state index < -0.39 is 0 Å². The molecule has 0 bridgehead atoms. The van der Waals surface area contributed by atoms with Crippen molar-refractivity contribution in [1.29, 1.82) is 0 Å². The smallest absolute Gasteiger partial charge is 0.0619 e. The van der Waals surface area contributed by atoms with Crippen molar-refractivity contribution in [2.24, 2.45) is 0 Å². The molecule has 0 atom stereocenters. The molecule has 0 saturated carbocycles. The summed E-state index contributed by atoms with van der Waals surface area (Å²) >= 11 is 0. The standard InChI is InChI=1S/C62H42N2/c1-3-15-43(16-4-1)49-20-11-24-53(41-49)63(52-38-35-45(36-39-52)44-31-33-48(34-32-44)56-28-13-19-46-17-7-9-26-55(46)56)54-25-12-21-50(42-54)57-29-14-30-60-61(57)59-40-37-47-18-8-10-27-58(47)62(59)64(60)51-22-5-2-6-23-51/h1-42H. The highest BCUT2D eigenvalue weighted by Crippen LogP contribution is 2.44. The highest BCUT2D eigenvalue weighted by atomic mass is 15.1. The summed E-state index contributed by atoms with van der Waals surface area (Å²) in [6.45, 7) is 0. The number of benzene rings is 11. The number of nitrogens with zero attached hydrogens (tertiary/aromatic N) is 2. The molecule has 0 saturated heterocycles. The van der Waals surface area contributed by atoms with Crippen LogP contribution in [0, 0.1) is 0 Å². The summed E-state index contributed by atoms with van der Waals surface area (Å²) in [7, 11) is 0. The van der Waals surface area contributed by atoms with Crippen LogP contribution in [0.3, 0.4) is 0 Å². The second kappa shape index (κ2) is 15.8. The summed E-state index contributed by atoms with van der Waals surface area (Å²) in [6, 6.07) is 92.6. The highest BCUT2D eigenvalue weighted by Gasteiger charge is 2.20. The summed E-state index contributed by atoms with van der Waals surface area (Å²) in [5.74, 6) is 0. The first-order valence-electron chi connectivity index (χ1n) is 22.0. The first-order chi connectivity index (χ1) is 31.7. The molecule has 2 heteroatoms. The van der Waals surface area contributed by atoms with Gasteiger partial charge in [0.1, 0.15) is 0 Å². The van der Waals surface area contributed by atoms with E-state index in [1.54, 1.807) is 0 Å². The van der Waals surface area contributed by atoms with Crippen molar-refractivity contribution < 1.29 is 0 Å². The fourth-order valence-electron chi connectivity index (χ4n) is 9.75. The Morgan fingerprint density at radius 1 is 0.281 bits per heavy atom. The maximum absolute atomic E-state index is 2.44. The Kier molecular flexibility index (Phi) is 9.20. The molecule has 0 spiro atoms. The molecule has 300 valence electrons. The molecule has 11 aromatic carbocycles. The Labute approximate surface area is 373 Å². The predicted molar refractivity (Wildman–Crippen MR) is 272 cm³/mol. The molecule has 0 radical (unpaired) electrons. The minimum absolute atomic E-state index is 1.09. The molecular weight excluding hydrogens is 773 g/mol. The SMILES string of the molecule is c1ccc(-c2cccc(N(c3ccc(-c4ccc(-c5cccc6ccccc56)cc4)cc3)c3cccc(-c4cccc5c4c4ccc6ccccc6c4n5-c4ccccc4)c3)c2)cc1. The first-order valence-corrected chi connectivity index (χ1v) is 22.0. The average Bonchev–Trinajstić information content (AvgIpc) is 3.73. The number of anilines is 3. The third kappa shape index (κ3) is 6.52. The van der Waals surface area contributed by atoms with E-state index in [9.17, 15) is 0 Å². The molecule has 0 aliphatic carbocycles. The fraction of sp³-hybridized carbons (Fsp3) is 0. The molecule has 0 aliphatic rings. The molecule has 0 amide bonds. The van der Waals surface area contributed by atoms with Crippen LogP contribution in [-0.2, 0) is 0 Å². The van der Waals surface area contributed by atoms with E-state index in [0.29, 0.717) is 0 Å². The van der Waals surface area contributed by atoms with E-state index in [2.05, 4.69) is 264 Å². The van der Waals surface area contributed by atoms with E-state index in [4.69, 9.17) is 0 Å². The quantitative estimate of drug-likeness (QED) is 0.148. The van der Waals surface area contributed by atoms with Gasteiger partial charge in [-0.2, -0.15) is 0 Å². The maximum Gasteiger partial charge on any atom is 0.0619 e. The van der Waals surface area contributed by atoms with Gasteiger partial charge >= 0.3 is 0 Å². The number of hydrogen-bond acceptors (Lipinski definition) is 1. The summed E-state index contributed by atoms with van der Waals surface area (Å²) in [4.78, 5) is 2.39. The van der Waals surface area contributed by atoms with Crippen LogP contribution in [0.5, 0.6) is 0 Å². The zero-order valence-electron chi connectivity index (χ0n) is 35.1. The minimum Gasteiger partial charge on any atom is -0.310 e. The van der Waals surface area contributed by atoms with Gasteiger partial charge in [0, 0.05) is 38.9 Å². The molecule has 0 N–H and O–H groups in total. The Morgan fingerprint density at radius 3 is 1.55 bits per heavy atom. The molecule has 12 rings (SSSR count). The molecule has 2 nitrogen and oxygen atoms in total. The Hall–Kier alpha value is -8.46. The molecule has 0 unspecified atom stereocenters. The normalized spacial score (nSPS) is 11.4. The van der Waals surface area contributed by atoms with Crippen molar-refractivity contribution in [3.05, 3.63) is 255 Å². The van der Waals surface area contributed by atoms with E-state index in [-0.39, 0.29) is 0 Å². The first kappa shape index (κ1) is 37.3. The van der Waals surface area contributed by atoms with Gasteiger partial charge in [-0.3, -0.25) is 0 Å². The molecule has 64 heavy (non-hydrogen) atoms. The number of para-hydroxylation sites is 1.